The van der Waals surface area contributed by atoms with E-state index in [1.807, 2.05) is 37.3 Å². The van der Waals surface area contributed by atoms with Crippen molar-refractivity contribution in [3.63, 3.8) is 0 Å². The summed E-state index contributed by atoms with van der Waals surface area (Å²) in [7, 11) is 0. The van der Waals surface area contributed by atoms with Crippen molar-refractivity contribution in [3.05, 3.63) is 76.6 Å². The largest absolute Gasteiger partial charge is 0.493 e. The predicted octanol–water partition coefficient (Wildman–Crippen LogP) is 5.22. The molecule has 3 saturated heterocycles. The Bertz CT molecular complexity index is 1520. The third-order valence-electron chi connectivity index (χ3n) is 8.28. The second-order valence-corrected chi connectivity index (χ2v) is 10.7. The topological polar surface area (TPSA) is 80.4 Å². The summed E-state index contributed by atoms with van der Waals surface area (Å²) in [5.41, 5.74) is -0.394. The number of hydrogen-bond acceptors (Lipinski definition) is 5. The van der Waals surface area contributed by atoms with Gasteiger partial charge >= 0.3 is 0 Å². The summed E-state index contributed by atoms with van der Waals surface area (Å²) in [4.78, 5) is 32.7. The van der Waals surface area contributed by atoms with E-state index in [0.29, 0.717) is 39.3 Å². The Hall–Kier alpha value is -3.44. The minimum Gasteiger partial charge on any atom is -0.493 e. The molecular weight excluding hydrogens is 492 g/mol. The van der Waals surface area contributed by atoms with Gasteiger partial charge in [-0.15, -0.1) is 0 Å². The third-order valence-corrected chi connectivity index (χ3v) is 8.70. The average Bonchev–Trinajstić information content (AvgIpc) is 3.41. The highest BCUT2D eigenvalue weighted by Crippen LogP contribution is 2.62. The number of imide groups is 1. The molecule has 2 amide bonds. The maximum Gasteiger partial charge on any atom is 0.240 e. The molecule has 188 valence electrons. The van der Waals surface area contributed by atoms with Crippen LogP contribution in [0.5, 0.6) is 5.75 Å². The lowest BCUT2D eigenvalue weighted by molar-refractivity contribution is -0.134. The number of rotatable bonds is 5. The minimum atomic E-state index is -1.17. The number of halogens is 1. The number of nitrogens with zero attached hydrogens (tertiary/aromatic N) is 2. The molecule has 8 heteroatoms. The molecule has 3 heterocycles. The first-order valence-corrected chi connectivity index (χ1v) is 12.6. The molecule has 3 fully saturated rings. The second kappa shape index (κ2) is 8.29. The van der Waals surface area contributed by atoms with Gasteiger partial charge < -0.3 is 14.6 Å². The van der Waals surface area contributed by atoms with Crippen molar-refractivity contribution in [3.8, 4) is 5.75 Å². The molecular formula is C29H25ClN2O5. The van der Waals surface area contributed by atoms with Gasteiger partial charge in [0.05, 0.1) is 42.4 Å². The summed E-state index contributed by atoms with van der Waals surface area (Å²) >= 11 is 6.12. The van der Waals surface area contributed by atoms with Crippen LogP contribution < -0.4 is 9.64 Å². The Morgan fingerprint density at radius 1 is 1.14 bits per heavy atom. The zero-order chi connectivity index (χ0) is 26.1. The van der Waals surface area contributed by atoms with Gasteiger partial charge in [0.2, 0.25) is 11.8 Å². The van der Waals surface area contributed by atoms with E-state index in [4.69, 9.17) is 27.6 Å². The van der Waals surface area contributed by atoms with Crippen molar-refractivity contribution >= 4 is 45.6 Å². The molecule has 0 radical (unpaired) electrons. The minimum absolute atomic E-state index is 0.247. The molecule has 3 aliphatic heterocycles. The zero-order valence-corrected chi connectivity index (χ0v) is 21.2. The molecule has 3 unspecified atom stereocenters. The van der Waals surface area contributed by atoms with Crippen molar-refractivity contribution < 1.29 is 24.2 Å². The van der Waals surface area contributed by atoms with Crippen LogP contribution in [0, 0.1) is 25.3 Å². The summed E-state index contributed by atoms with van der Waals surface area (Å²) in [5, 5.41) is 13.0. The summed E-state index contributed by atoms with van der Waals surface area (Å²) in [6.07, 6.45) is -0.297. The van der Waals surface area contributed by atoms with E-state index in [1.54, 1.807) is 31.2 Å². The molecule has 3 aromatic rings. The molecule has 37 heavy (non-hydrogen) atoms. The Morgan fingerprint density at radius 3 is 2.59 bits per heavy atom. The van der Waals surface area contributed by atoms with Crippen molar-refractivity contribution in [1.82, 2.24) is 0 Å². The lowest BCUT2D eigenvalue weighted by Crippen LogP contribution is -2.49. The molecule has 6 rings (SSSR count). The molecule has 3 aliphatic rings. The fraction of sp³-hybridized carbons (Fsp3) is 0.345. The van der Waals surface area contributed by atoms with E-state index >= 15 is 0 Å². The molecule has 5 atom stereocenters. The SMILES string of the molecule is [C-]#[N+]c1ccc(N2C(=O)[C@@H]3[C@H](C2=O)C2(C)OC3(CCOc3ccc(Cl)c(C)c3)CC2O)c2ccccc12. The van der Waals surface area contributed by atoms with E-state index in [2.05, 4.69) is 4.85 Å². The Morgan fingerprint density at radius 2 is 1.86 bits per heavy atom. The summed E-state index contributed by atoms with van der Waals surface area (Å²) in [5.74, 6) is -1.61. The predicted molar refractivity (Wildman–Crippen MR) is 139 cm³/mol. The number of aliphatic hydroxyl groups excluding tert-OH is 1. The van der Waals surface area contributed by atoms with Gasteiger partial charge in [-0.2, -0.15) is 0 Å². The van der Waals surface area contributed by atoms with Crippen molar-refractivity contribution in [2.24, 2.45) is 11.8 Å². The molecule has 2 bridgehead atoms. The summed E-state index contributed by atoms with van der Waals surface area (Å²) in [6.45, 7) is 11.3. The number of benzene rings is 3. The smallest absolute Gasteiger partial charge is 0.240 e. The number of fused-ring (bicyclic) bond motifs is 6. The number of carbonyl (C=O) groups is 2. The summed E-state index contributed by atoms with van der Waals surface area (Å²) < 4.78 is 12.4. The average molecular weight is 517 g/mol. The Labute approximate surface area is 219 Å². The number of hydrogen-bond donors (Lipinski definition) is 1. The quantitative estimate of drug-likeness (QED) is 0.371. The van der Waals surface area contributed by atoms with E-state index < -0.39 is 29.1 Å². The molecule has 7 nitrogen and oxygen atoms in total. The maximum atomic E-state index is 14.0. The number of anilines is 1. The molecule has 3 aromatic carbocycles. The monoisotopic (exact) mass is 516 g/mol. The van der Waals surface area contributed by atoms with E-state index in [-0.39, 0.29) is 24.8 Å². The number of amides is 2. The van der Waals surface area contributed by atoms with Gasteiger partial charge in [-0.25, -0.2) is 9.74 Å². The number of aryl methyl sites for hydroxylation is 1. The van der Waals surface area contributed by atoms with Crippen LogP contribution in [0.4, 0.5) is 11.4 Å². The van der Waals surface area contributed by atoms with Crippen LogP contribution in [0.3, 0.4) is 0 Å². The van der Waals surface area contributed by atoms with Crippen LogP contribution in [0.25, 0.3) is 15.6 Å². The lowest BCUT2D eigenvalue weighted by atomic mass is 9.66. The molecule has 0 saturated carbocycles. The standard InChI is InChI=1S/C29H25ClN2O5/c1-16-14-17(8-9-20(16)30)36-13-12-29-15-23(33)28(2,37-29)24-25(29)27(35)32(26(24)34)22-11-10-21(31-3)18-6-4-5-7-19(18)22/h4-11,14,23-25,33H,12-13,15H2,1-2H3/t23?,24-,25+,28?,29?/m1/s1. The highest BCUT2D eigenvalue weighted by Gasteiger charge is 2.77. The van der Waals surface area contributed by atoms with Gasteiger partial charge in [0, 0.05) is 17.9 Å². The van der Waals surface area contributed by atoms with Crippen molar-refractivity contribution in [2.45, 2.75) is 44.0 Å². The second-order valence-electron chi connectivity index (χ2n) is 10.3. The van der Waals surface area contributed by atoms with Crippen LogP contribution >= 0.6 is 11.6 Å². The van der Waals surface area contributed by atoms with Crippen molar-refractivity contribution in [2.75, 3.05) is 11.5 Å². The maximum absolute atomic E-state index is 14.0. The Kier molecular flexibility index (Phi) is 5.36. The van der Waals surface area contributed by atoms with Gasteiger partial charge in [-0.3, -0.25) is 9.59 Å². The third kappa shape index (κ3) is 3.33. The van der Waals surface area contributed by atoms with Crippen LogP contribution in [0.1, 0.15) is 25.3 Å². The zero-order valence-electron chi connectivity index (χ0n) is 20.4. The Balaban J connectivity index is 1.35. The number of carbonyl (C=O) groups excluding carboxylic acids is 2. The van der Waals surface area contributed by atoms with Crippen LogP contribution in [0.15, 0.2) is 54.6 Å². The van der Waals surface area contributed by atoms with Crippen molar-refractivity contribution in [1.29, 1.82) is 0 Å². The fourth-order valence-electron chi connectivity index (χ4n) is 6.47. The normalized spacial score (nSPS) is 30.1. The first kappa shape index (κ1) is 23.9. The van der Waals surface area contributed by atoms with E-state index in [1.165, 1.54) is 4.90 Å². The van der Waals surface area contributed by atoms with Crippen LogP contribution in [0.2, 0.25) is 5.02 Å². The van der Waals surface area contributed by atoms with Crippen LogP contribution in [-0.4, -0.2) is 40.8 Å². The fourth-order valence-corrected chi connectivity index (χ4v) is 6.59. The molecule has 0 aliphatic carbocycles. The first-order valence-electron chi connectivity index (χ1n) is 12.2. The van der Waals surface area contributed by atoms with Crippen LogP contribution in [-0.2, 0) is 14.3 Å². The first-order chi connectivity index (χ1) is 17.7. The van der Waals surface area contributed by atoms with E-state index in [0.717, 1.165) is 5.56 Å². The lowest BCUT2D eigenvalue weighted by Gasteiger charge is -2.33. The van der Waals surface area contributed by atoms with Gasteiger partial charge in [0.25, 0.3) is 0 Å². The van der Waals surface area contributed by atoms with E-state index in [9.17, 15) is 14.7 Å². The molecule has 0 aromatic heterocycles. The highest BCUT2D eigenvalue weighted by atomic mass is 35.5. The summed E-state index contributed by atoms with van der Waals surface area (Å²) in [6, 6.07) is 16.0. The highest BCUT2D eigenvalue weighted by molar-refractivity contribution is 6.31. The van der Waals surface area contributed by atoms with Gasteiger partial charge in [-0.05, 0) is 54.4 Å². The van der Waals surface area contributed by atoms with Gasteiger partial charge in [-0.1, -0.05) is 41.9 Å². The van der Waals surface area contributed by atoms with Gasteiger partial charge in [0.15, 0.2) is 5.69 Å². The molecule has 1 N–H and O–H groups in total. The van der Waals surface area contributed by atoms with Gasteiger partial charge in [0.1, 0.15) is 11.4 Å². The molecule has 0 spiro atoms. The number of ether oxygens (including phenoxy) is 2. The number of aliphatic hydroxyl groups is 1.